The number of fused-ring (bicyclic) bond motifs is 1. The molecule has 8 heteroatoms. The van der Waals surface area contributed by atoms with Gasteiger partial charge in [-0.05, 0) is 30.5 Å². The van der Waals surface area contributed by atoms with Crippen LogP contribution in [0.15, 0.2) is 46.6 Å². The van der Waals surface area contributed by atoms with E-state index in [0.29, 0.717) is 11.4 Å². The Morgan fingerprint density at radius 1 is 1.04 bits per heavy atom. The number of carbonyl (C=O) groups excluding carboxylic acids is 2. The number of rotatable bonds is 5. The van der Waals surface area contributed by atoms with Crippen LogP contribution in [0.2, 0.25) is 0 Å². The maximum Gasteiger partial charge on any atom is 0.329 e. The average Bonchev–Trinajstić information content (AvgIpc) is 3.24. The van der Waals surface area contributed by atoms with Crippen molar-refractivity contribution in [3.05, 3.63) is 57.1 Å². The van der Waals surface area contributed by atoms with Gasteiger partial charge in [-0.3, -0.25) is 29.6 Å². The zero-order chi connectivity index (χ0) is 17.8. The minimum atomic E-state index is -0.358. The van der Waals surface area contributed by atoms with E-state index in [0.717, 1.165) is 11.0 Å². The molecule has 0 saturated heterocycles. The van der Waals surface area contributed by atoms with Crippen molar-refractivity contribution in [2.75, 3.05) is 0 Å². The molecule has 2 aromatic heterocycles. The molecule has 0 atom stereocenters. The first kappa shape index (κ1) is 17.0. The molecule has 2 amide bonds. The van der Waals surface area contributed by atoms with E-state index in [1.807, 2.05) is 31.2 Å². The van der Waals surface area contributed by atoms with E-state index in [1.54, 1.807) is 26.6 Å². The van der Waals surface area contributed by atoms with Crippen molar-refractivity contribution < 1.29 is 9.59 Å². The highest BCUT2D eigenvalue weighted by Crippen LogP contribution is 2.13. The van der Waals surface area contributed by atoms with Crippen LogP contribution in [0.1, 0.15) is 23.0 Å². The number of nitrogens with zero attached hydrogens (tertiary/aromatic N) is 2. The number of imidazole rings is 1. The number of para-hydroxylation sites is 2. The van der Waals surface area contributed by atoms with Gasteiger partial charge in [0, 0.05) is 19.5 Å². The Kier molecular flexibility index (Phi) is 4.99. The zero-order valence-electron chi connectivity index (χ0n) is 13.7. The molecule has 0 aliphatic carbocycles. The number of aromatic nitrogens is 2. The lowest BCUT2D eigenvalue weighted by Gasteiger charge is -2.07. The monoisotopic (exact) mass is 358 g/mol. The van der Waals surface area contributed by atoms with Gasteiger partial charge in [0.2, 0.25) is 5.91 Å². The van der Waals surface area contributed by atoms with Gasteiger partial charge in [-0.2, -0.15) is 0 Å². The molecule has 0 bridgehead atoms. The second kappa shape index (κ2) is 7.35. The van der Waals surface area contributed by atoms with Crippen molar-refractivity contribution in [1.29, 1.82) is 0 Å². The van der Waals surface area contributed by atoms with Crippen LogP contribution in [0.25, 0.3) is 11.0 Å². The van der Waals surface area contributed by atoms with E-state index in [2.05, 4.69) is 10.9 Å². The topological polar surface area (TPSA) is 85.1 Å². The van der Waals surface area contributed by atoms with E-state index >= 15 is 0 Å². The number of aryl methyl sites for hydroxylation is 2. The van der Waals surface area contributed by atoms with Crippen LogP contribution >= 0.6 is 11.3 Å². The molecule has 0 fully saturated rings. The zero-order valence-corrected chi connectivity index (χ0v) is 14.5. The van der Waals surface area contributed by atoms with Crippen molar-refractivity contribution >= 4 is 34.2 Å². The Morgan fingerprint density at radius 2 is 1.76 bits per heavy atom. The summed E-state index contributed by atoms with van der Waals surface area (Å²) in [4.78, 5) is 36.7. The maximum atomic E-state index is 12.5. The number of hydrogen-bond acceptors (Lipinski definition) is 4. The highest BCUT2D eigenvalue weighted by molar-refractivity contribution is 7.12. The first-order valence-corrected chi connectivity index (χ1v) is 8.80. The van der Waals surface area contributed by atoms with E-state index in [-0.39, 0.29) is 30.5 Å². The fraction of sp³-hybridized carbons (Fsp3) is 0.235. The molecule has 25 heavy (non-hydrogen) atoms. The highest BCUT2D eigenvalue weighted by Gasteiger charge is 2.13. The largest absolute Gasteiger partial charge is 0.329 e. The molecule has 0 saturated carbocycles. The Morgan fingerprint density at radius 3 is 2.40 bits per heavy atom. The fourth-order valence-electron chi connectivity index (χ4n) is 2.67. The van der Waals surface area contributed by atoms with Gasteiger partial charge in [0.25, 0.3) is 5.91 Å². The molecule has 3 rings (SSSR count). The Hall–Kier alpha value is -2.87. The lowest BCUT2D eigenvalue weighted by molar-refractivity contribution is -0.122. The summed E-state index contributed by atoms with van der Waals surface area (Å²) >= 11 is 1.29. The Balaban J connectivity index is 1.65. The molecule has 0 spiro atoms. The van der Waals surface area contributed by atoms with Crippen LogP contribution < -0.4 is 16.5 Å². The standard InChI is InChI=1S/C17H18N4O3S/c1-2-20-12-6-3-4-7-13(12)21(17(20)24)10-9-15(22)18-19-16(23)14-8-5-11-25-14/h3-8,11H,2,9-10H2,1H3,(H,18,22)(H,19,23). The van der Waals surface area contributed by atoms with Gasteiger partial charge in [0.1, 0.15) is 0 Å². The van der Waals surface area contributed by atoms with Crippen LogP contribution in [-0.4, -0.2) is 20.9 Å². The summed E-state index contributed by atoms with van der Waals surface area (Å²) in [5.41, 5.74) is 6.25. The summed E-state index contributed by atoms with van der Waals surface area (Å²) in [6, 6.07) is 10.9. The van der Waals surface area contributed by atoms with Gasteiger partial charge < -0.3 is 0 Å². The predicted octanol–water partition coefficient (Wildman–Crippen LogP) is 1.74. The molecule has 2 N–H and O–H groups in total. The second-order valence-corrected chi connectivity index (χ2v) is 6.34. The molecular formula is C17H18N4O3S. The number of thiophene rings is 1. The first-order valence-electron chi connectivity index (χ1n) is 7.92. The van der Waals surface area contributed by atoms with Crippen LogP contribution in [0.4, 0.5) is 0 Å². The lowest BCUT2D eigenvalue weighted by atomic mass is 10.3. The van der Waals surface area contributed by atoms with E-state index in [9.17, 15) is 14.4 Å². The van der Waals surface area contributed by atoms with E-state index in [1.165, 1.54) is 11.3 Å². The lowest BCUT2D eigenvalue weighted by Crippen LogP contribution is -2.41. The van der Waals surface area contributed by atoms with Crippen molar-refractivity contribution in [3.8, 4) is 0 Å². The molecular weight excluding hydrogens is 340 g/mol. The van der Waals surface area contributed by atoms with E-state index in [4.69, 9.17) is 0 Å². The molecule has 3 aromatic rings. The third kappa shape index (κ3) is 3.48. The average molecular weight is 358 g/mol. The molecule has 0 aliphatic heterocycles. The van der Waals surface area contributed by atoms with Crippen LogP contribution in [0, 0.1) is 0 Å². The maximum absolute atomic E-state index is 12.5. The quantitative estimate of drug-likeness (QED) is 0.681. The third-order valence-corrected chi connectivity index (χ3v) is 4.73. The number of hydrazine groups is 1. The van der Waals surface area contributed by atoms with Gasteiger partial charge in [0.05, 0.1) is 15.9 Å². The minimum absolute atomic E-state index is 0.0857. The van der Waals surface area contributed by atoms with Crippen LogP contribution in [0.5, 0.6) is 0 Å². The Bertz CT molecular complexity index is 956. The van der Waals surface area contributed by atoms with E-state index < -0.39 is 0 Å². The van der Waals surface area contributed by atoms with Crippen molar-refractivity contribution in [2.24, 2.45) is 0 Å². The summed E-state index contributed by atoms with van der Waals surface area (Å²) in [6.45, 7) is 2.72. The molecule has 130 valence electrons. The molecule has 0 unspecified atom stereocenters. The van der Waals surface area contributed by atoms with Gasteiger partial charge in [0.15, 0.2) is 0 Å². The van der Waals surface area contributed by atoms with Gasteiger partial charge in [-0.1, -0.05) is 18.2 Å². The van der Waals surface area contributed by atoms with Gasteiger partial charge in [-0.15, -0.1) is 11.3 Å². The molecule has 7 nitrogen and oxygen atoms in total. The highest BCUT2D eigenvalue weighted by atomic mass is 32.1. The predicted molar refractivity (Wildman–Crippen MR) is 96.4 cm³/mol. The van der Waals surface area contributed by atoms with Crippen molar-refractivity contribution in [2.45, 2.75) is 26.4 Å². The summed E-state index contributed by atoms with van der Waals surface area (Å²) < 4.78 is 3.26. The van der Waals surface area contributed by atoms with Gasteiger partial charge >= 0.3 is 5.69 Å². The number of amides is 2. The van der Waals surface area contributed by atoms with Crippen LogP contribution in [-0.2, 0) is 17.9 Å². The smallest absolute Gasteiger partial charge is 0.292 e. The summed E-state index contributed by atoms with van der Waals surface area (Å²) in [5, 5.41) is 1.78. The fourth-order valence-corrected chi connectivity index (χ4v) is 3.28. The molecule has 2 heterocycles. The third-order valence-electron chi connectivity index (χ3n) is 3.86. The van der Waals surface area contributed by atoms with Crippen LogP contribution in [0.3, 0.4) is 0 Å². The van der Waals surface area contributed by atoms with Gasteiger partial charge in [-0.25, -0.2) is 4.79 Å². The summed E-state index contributed by atoms with van der Waals surface area (Å²) in [6.07, 6.45) is 0.0857. The SMILES string of the molecule is CCn1c(=O)n(CCC(=O)NNC(=O)c2cccs2)c2ccccc21. The molecule has 0 aliphatic rings. The van der Waals surface area contributed by atoms with Crippen molar-refractivity contribution in [1.82, 2.24) is 20.0 Å². The minimum Gasteiger partial charge on any atom is -0.292 e. The first-order chi connectivity index (χ1) is 12.1. The number of benzene rings is 1. The normalized spacial score (nSPS) is 10.8. The summed E-state index contributed by atoms with van der Waals surface area (Å²) in [7, 11) is 0. The molecule has 0 radical (unpaired) electrons. The Labute approximate surface area is 147 Å². The molecule has 1 aromatic carbocycles. The number of nitrogens with one attached hydrogen (secondary N) is 2. The second-order valence-electron chi connectivity index (χ2n) is 5.40. The number of carbonyl (C=O) groups is 2. The summed E-state index contributed by atoms with van der Waals surface area (Å²) in [5.74, 6) is -0.715. The van der Waals surface area contributed by atoms with Crippen molar-refractivity contribution in [3.63, 3.8) is 0 Å². The number of hydrogen-bond donors (Lipinski definition) is 2.